The summed E-state index contributed by atoms with van der Waals surface area (Å²) in [6.45, 7) is 4.20. The first-order valence-corrected chi connectivity index (χ1v) is 8.67. The van der Waals surface area contributed by atoms with Crippen molar-refractivity contribution in [2.75, 3.05) is 6.61 Å². The maximum atomic E-state index is 11.5. The number of benzene rings is 1. The zero-order chi connectivity index (χ0) is 16.9. The maximum absolute atomic E-state index is 11.5. The van der Waals surface area contributed by atoms with Gasteiger partial charge < -0.3 is 14.6 Å². The molecule has 1 heterocycles. The van der Waals surface area contributed by atoms with Gasteiger partial charge >= 0.3 is 5.97 Å². The van der Waals surface area contributed by atoms with Crippen LogP contribution < -0.4 is 4.74 Å². The van der Waals surface area contributed by atoms with Gasteiger partial charge in [0.05, 0.1) is 0 Å². The summed E-state index contributed by atoms with van der Waals surface area (Å²) in [6, 6.07) is 9.85. The lowest BCUT2D eigenvalue weighted by molar-refractivity contribution is -0.149. The molecule has 0 aromatic heterocycles. The van der Waals surface area contributed by atoms with Crippen LogP contribution in [0.3, 0.4) is 0 Å². The fourth-order valence-electron chi connectivity index (χ4n) is 2.44. The van der Waals surface area contributed by atoms with Crippen molar-refractivity contribution < 1.29 is 19.4 Å². The molecule has 2 unspecified atom stereocenters. The van der Waals surface area contributed by atoms with E-state index in [1.54, 1.807) is 0 Å². The van der Waals surface area contributed by atoms with Crippen LogP contribution in [0.4, 0.5) is 0 Å². The first-order valence-electron chi connectivity index (χ1n) is 8.67. The van der Waals surface area contributed by atoms with Crippen LogP contribution in [-0.4, -0.2) is 29.9 Å². The molecule has 1 fully saturated rings. The molecule has 0 radical (unpaired) electrons. The van der Waals surface area contributed by atoms with E-state index in [9.17, 15) is 4.79 Å². The van der Waals surface area contributed by atoms with E-state index in [-0.39, 0.29) is 18.2 Å². The van der Waals surface area contributed by atoms with Crippen molar-refractivity contribution in [3.63, 3.8) is 0 Å². The molecule has 2 atom stereocenters. The number of esters is 1. The lowest BCUT2D eigenvalue weighted by atomic mass is 10.0. The summed E-state index contributed by atoms with van der Waals surface area (Å²) in [5, 5.41) is 7.88. The molecule has 1 aliphatic rings. The molecule has 130 valence electrons. The number of aliphatic hydroxyl groups excluding tert-OH is 1. The van der Waals surface area contributed by atoms with Gasteiger partial charge in [-0.25, -0.2) is 0 Å². The van der Waals surface area contributed by atoms with Crippen LogP contribution >= 0.6 is 0 Å². The minimum absolute atomic E-state index is 0.0701. The first kappa shape index (κ1) is 19.5. The number of para-hydroxylation sites is 1. The van der Waals surface area contributed by atoms with Gasteiger partial charge in [0.15, 0.2) is 0 Å². The van der Waals surface area contributed by atoms with Crippen LogP contribution in [0.5, 0.6) is 5.75 Å². The highest BCUT2D eigenvalue weighted by Gasteiger charge is 2.19. The zero-order valence-electron chi connectivity index (χ0n) is 14.4. The smallest absolute Gasteiger partial charge is 0.306 e. The van der Waals surface area contributed by atoms with Crippen LogP contribution in [0, 0.1) is 0 Å². The number of cyclic esters (lactones) is 1. The molecule has 0 bridgehead atoms. The van der Waals surface area contributed by atoms with Gasteiger partial charge in [-0.1, -0.05) is 31.5 Å². The van der Waals surface area contributed by atoms with Gasteiger partial charge in [0, 0.05) is 19.4 Å². The molecule has 1 aliphatic heterocycles. The summed E-state index contributed by atoms with van der Waals surface area (Å²) >= 11 is 0. The molecule has 1 saturated heterocycles. The Balaban J connectivity index is 0.000000593. The Morgan fingerprint density at radius 1 is 1.22 bits per heavy atom. The van der Waals surface area contributed by atoms with Crippen molar-refractivity contribution in [1.82, 2.24) is 0 Å². The molecule has 0 saturated carbocycles. The third-order valence-electron chi connectivity index (χ3n) is 3.60. The molecule has 0 aliphatic carbocycles. The number of hydrogen-bond donors (Lipinski definition) is 1. The van der Waals surface area contributed by atoms with E-state index in [0.29, 0.717) is 13.0 Å². The van der Waals surface area contributed by atoms with Gasteiger partial charge in [0.2, 0.25) is 0 Å². The Morgan fingerprint density at radius 2 is 1.91 bits per heavy atom. The number of aliphatic hydroxyl groups is 1. The Bertz CT molecular complexity index is 417. The van der Waals surface area contributed by atoms with Gasteiger partial charge in [-0.15, -0.1) is 0 Å². The number of carbonyl (C=O) groups is 1. The lowest BCUT2D eigenvalue weighted by Crippen LogP contribution is -2.26. The quantitative estimate of drug-likeness (QED) is 0.851. The maximum Gasteiger partial charge on any atom is 0.306 e. The lowest BCUT2D eigenvalue weighted by Gasteiger charge is -2.24. The predicted molar refractivity (Wildman–Crippen MR) is 91.5 cm³/mol. The van der Waals surface area contributed by atoms with Crippen molar-refractivity contribution in [1.29, 1.82) is 0 Å². The van der Waals surface area contributed by atoms with E-state index >= 15 is 0 Å². The minimum Gasteiger partial charge on any atom is -0.490 e. The molecule has 4 nitrogen and oxygen atoms in total. The number of carbonyl (C=O) groups excluding carboxylic acids is 1. The van der Waals surface area contributed by atoms with E-state index < -0.39 is 0 Å². The summed E-state index contributed by atoms with van der Waals surface area (Å²) in [6.07, 6.45) is 6.37. The summed E-state index contributed by atoms with van der Waals surface area (Å²) in [7, 11) is 0. The first-order chi connectivity index (χ1) is 11.2. The number of ether oxygens (including phenoxy) is 2. The van der Waals surface area contributed by atoms with Gasteiger partial charge in [-0.2, -0.15) is 0 Å². The fourth-order valence-corrected chi connectivity index (χ4v) is 2.44. The standard InChI is InChI=1S/C16H22O3.C3H8O/c1-13-12-15(19-14-8-4-2-5-9-14)10-6-3-7-11-16(17)18-13;1-2-3-4/h2,4-5,8-9,13,15H,3,6-7,10-12H2,1H3;4H,2-3H2,1H3. The minimum atomic E-state index is -0.0761. The molecule has 0 spiro atoms. The van der Waals surface area contributed by atoms with Crippen molar-refractivity contribution in [2.45, 2.75) is 71.0 Å². The summed E-state index contributed by atoms with van der Waals surface area (Å²) in [4.78, 5) is 11.5. The van der Waals surface area contributed by atoms with Crippen LogP contribution in [0.15, 0.2) is 30.3 Å². The van der Waals surface area contributed by atoms with Crippen molar-refractivity contribution in [3.05, 3.63) is 30.3 Å². The third-order valence-corrected chi connectivity index (χ3v) is 3.60. The second-order valence-corrected chi connectivity index (χ2v) is 5.91. The second-order valence-electron chi connectivity index (χ2n) is 5.91. The number of hydrogen-bond acceptors (Lipinski definition) is 4. The average molecular weight is 322 g/mol. The van der Waals surface area contributed by atoms with Crippen molar-refractivity contribution >= 4 is 5.97 Å². The van der Waals surface area contributed by atoms with Crippen LogP contribution in [0.25, 0.3) is 0 Å². The molecule has 23 heavy (non-hydrogen) atoms. The highest BCUT2D eigenvalue weighted by molar-refractivity contribution is 5.69. The number of rotatable bonds is 3. The van der Waals surface area contributed by atoms with Gasteiger partial charge in [-0.05, 0) is 44.7 Å². The molecular weight excluding hydrogens is 292 g/mol. The molecule has 0 amide bonds. The topological polar surface area (TPSA) is 55.8 Å². The molecule has 1 aromatic rings. The SMILES string of the molecule is CC1CC(Oc2ccccc2)CCCCCC(=O)O1.CCCO. The zero-order valence-corrected chi connectivity index (χ0v) is 14.4. The average Bonchev–Trinajstić information content (AvgIpc) is 2.55. The van der Waals surface area contributed by atoms with Gasteiger partial charge in [0.1, 0.15) is 18.0 Å². The van der Waals surface area contributed by atoms with E-state index in [1.807, 2.05) is 44.2 Å². The Labute approximate surface area is 139 Å². The Hall–Kier alpha value is -1.55. The molecule has 4 heteroatoms. The second kappa shape index (κ2) is 11.9. The largest absolute Gasteiger partial charge is 0.490 e. The third kappa shape index (κ3) is 9.24. The van der Waals surface area contributed by atoms with Crippen molar-refractivity contribution in [2.24, 2.45) is 0 Å². The van der Waals surface area contributed by atoms with E-state index in [2.05, 4.69) is 0 Å². The molecule has 2 rings (SSSR count). The predicted octanol–water partition coefficient (Wildman–Crippen LogP) is 4.11. The van der Waals surface area contributed by atoms with Crippen LogP contribution in [-0.2, 0) is 9.53 Å². The highest BCUT2D eigenvalue weighted by Crippen LogP contribution is 2.20. The van der Waals surface area contributed by atoms with E-state index in [1.165, 1.54) is 0 Å². The van der Waals surface area contributed by atoms with Gasteiger partial charge in [-0.3, -0.25) is 4.79 Å². The van der Waals surface area contributed by atoms with Gasteiger partial charge in [0.25, 0.3) is 0 Å². The molecule has 1 aromatic carbocycles. The summed E-state index contributed by atoms with van der Waals surface area (Å²) in [5.74, 6) is 0.816. The molecule has 1 N–H and O–H groups in total. The van der Waals surface area contributed by atoms with E-state index in [4.69, 9.17) is 14.6 Å². The molecular formula is C19H30O4. The Morgan fingerprint density at radius 3 is 2.57 bits per heavy atom. The fraction of sp³-hybridized carbons (Fsp3) is 0.632. The van der Waals surface area contributed by atoms with E-state index in [0.717, 1.165) is 44.3 Å². The summed E-state index contributed by atoms with van der Waals surface area (Å²) in [5.41, 5.74) is 0. The highest BCUT2D eigenvalue weighted by atomic mass is 16.5. The summed E-state index contributed by atoms with van der Waals surface area (Å²) < 4.78 is 11.4. The normalized spacial score (nSPS) is 22.3. The monoisotopic (exact) mass is 322 g/mol. The van der Waals surface area contributed by atoms with Crippen LogP contribution in [0.2, 0.25) is 0 Å². The Kier molecular flexibility index (Phi) is 10.1. The van der Waals surface area contributed by atoms with Crippen LogP contribution in [0.1, 0.15) is 58.8 Å². The van der Waals surface area contributed by atoms with Crippen molar-refractivity contribution in [3.8, 4) is 5.75 Å².